The van der Waals surface area contributed by atoms with Crippen molar-refractivity contribution < 1.29 is 33.4 Å². The molecule has 0 fully saturated rings. The number of rotatable bonds is 23. The van der Waals surface area contributed by atoms with Gasteiger partial charge >= 0.3 is 6.09 Å². The van der Waals surface area contributed by atoms with Crippen LogP contribution in [0.15, 0.2) is 35.3 Å². The summed E-state index contributed by atoms with van der Waals surface area (Å²) in [6.45, 7) is 7.14. The van der Waals surface area contributed by atoms with Gasteiger partial charge in [-0.05, 0) is 70.7 Å². The molecule has 0 aliphatic carbocycles. The summed E-state index contributed by atoms with van der Waals surface area (Å²) in [5.74, 6) is 1.20. The standard InChI is InChI=1S/C38H53N11O8/c1-5-6-11-30(51)47-28(10-7-8-17-43-37(55)57-38(2,3)4)34(53)42-20-22-56-21-19-40-29(50)12-9-18-41-33(52)25-13-15-26(16-14-25)44-23-27-24-45-32-31(46-27)35(54)49-36(39)48-32/h1,13-16,24,28,44H,6-12,17-23H2,2-4H3,(H,40,50)(H,41,52)(H,42,53)(H,43,55)(H,47,51)(H3,39,45,48,49,54)/t28-/m1/s1. The van der Waals surface area contributed by atoms with Gasteiger partial charge in [0.15, 0.2) is 11.2 Å². The summed E-state index contributed by atoms with van der Waals surface area (Å²) in [6.07, 6.45) is 8.72. The highest BCUT2D eigenvalue weighted by Gasteiger charge is 2.20. The summed E-state index contributed by atoms with van der Waals surface area (Å²) in [6, 6.07) is 6.02. The first-order valence-corrected chi connectivity index (χ1v) is 18.7. The van der Waals surface area contributed by atoms with Crippen LogP contribution < -0.4 is 43.2 Å². The molecule has 9 N–H and O–H groups in total. The van der Waals surface area contributed by atoms with Gasteiger partial charge in [0.2, 0.25) is 23.7 Å². The van der Waals surface area contributed by atoms with Crippen molar-refractivity contribution in [3.8, 4) is 12.3 Å². The Labute approximate surface area is 330 Å². The van der Waals surface area contributed by atoms with Gasteiger partial charge in [-0.2, -0.15) is 4.98 Å². The fourth-order valence-electron chi connectivity index (χ4n) is 5.06. The number of aromatic nitrogens is 4. The maximum atomic E-state index is 12.8. The Morgan fingerprint density at radius 3 is 2.33 bits per heavy atom. The number of nitrogens with one attached hydrogen (secondary N) is 7. The summed E-state index contributed by atoms with van der Waals surface area (Å²) >= 11 is 0. The normalized spacial score (nSPS) is 11.5. The number of ether oxygens (including phenoxy) is 2. The summed E-state index contributed by atoms with van der Waals surface area (Å²) in [7, 11) is 0. The molecule has 1 aromatic carbocycles. The predicted molar refractivity (Wildman–Crippen MR) is 213 cm³/mol. The van der Waals surface area contributed by atoms with Crippen LogP contribution in [0.25, 0.3) is 11.2 Å². The molecule has 308 valence electrons. The van der Waals surface area contributed by atoms with Gasteiger partial charge in [-0.1, -0.05) is 0 Å². The molecule has 5 amide bonds. The average molecular weight is 792 g/mol. The number of aromatic amines is 1. The number of hydrogen-bond acceptors (Lipinski definition) is 13. The Morgan fingerprint density at radius 1 is 0.895 bits per heavy atom. The van der Waals surface area contributed by atoms with E-state index in [1.54, 1.807) is 45.0 Å². The Bertz CT molecular complexity index is 1910. The molecule has 2 aromatic heterocycles. The molecule has 3 rings (SSSR count). The van der Waals surface area contributed by atoms with Crippen molar-refractivity contribution in [3.05, 3.63) is 52.1 Å². The van der Waals surface area contributed by atoms with Gasteiger partial charge in [-0.25, -0.2) is 14.8 Å². The molecule has 19 nitrogen and oxygen atoms in total. The van der Waals surface area contributed by atoms with E-state index in [9.17, 15) is 28.8 Å². The number of carbonyl (C=O) groups excluding carboxylic acids is 5. The Morgan fingerprint density at radius 2 is 1.61 bits per heavy atom. The third-order valence-electron chi connectivity index (χ3n) is 7.82. The third kappa shape index (κ3) is 17.8. The first-order valence-electron chi connectivity index (χ1n) is 18.7. The fourth-order valence-corrected chi connectivity index (χ4v) is 5.06. The highest BCUT2D eigenvalue weighted by atomic mass is 16.6. The number of amides is 5. The number of H-pyrrole nitrogens is 1. The zero-order valence-corrected chi connectivity index (χ0v) is 32.6. The summed E-state index contributed by atoms with van der Waals surface area (Å²) in [4.78, 5) is 88.5. The Balaban J connectivity index is 1.25. The number of alkyl carbamates (subject to hydrolysis) is 1. The zero-order chi connectivity index (χ0) is 41.6. The van der Waals surface area contributed by atoms with Crippen LogP contribution >= 0.6 is 0 Å². The number of unbranched alkanes of at least 4 members (excludes halogenated alkanes) is 1. The molecular formula is C38H53N11O8. The van der Waals surface area contributed by atoms with Crippen molar-refractivity contribution in [2.75, 3.05) is 50.4 Å². The molecule has 3 aromatic rings. The van der Waals surface area contributed by atoms with Gasteiger partial charge < -0.3 is 47.1 Å². The summed E-state index contributed by atoms with van der Waals surface area (Å²) in [5.41, 5.74) is 6.39. The van der Waals surface area contributed by atoms with Crippen LogP contribution in [0, 0.1) is 12.3 Å². The van der Waals surface area contributed by atoms with E-state index in [2.05, 4.69) is 57.8 Å². The van der Waals surface area contributed by atoms with Crippen LogP contribution in [0.3, 0.4) is 0 Å². The lowest BCUT2D eigenvalue weighted by atomic mass is 10.1. The van der Waals surface area contributed by atoms with E-state index in [-0.39, 0.29) is 92.9 Å². The molecule has 2 heterocycles. The second kappa shape index (κ2) is 23.6. The van der Waals surface area contributed by atoms with Gasteiger partial charge in [0.25, 0.3) is 11.5 Å². The lowest BCUT2D eigenvalue weighted by molar-refractivity contribution is -0.129. The molecule has 57 heavy (non-hydrogen) atoms. The topological polar surface area (TPSA) is 274 Å². The number of anilines is 2. The highest BCUT2D eigenvalue weighted by molar-refractivity contribution is 5.94. The molecule has 0 saturated heterocycles. The molecule has 0 saturated carbocycles. The van der Waals surface area contributed by atoms with E-state index in [1.807, 2.05) is 0 Å². The molecule has 0 unspecified atom stereocenters. The van der Waals surface area contributed by atoms with Crippen LogP contribution in [0.1, 0.15) is 81.8 Å². The van der Waals surface area contributed by atoms with Crippen molar-refractivity contribution in [2.45, 2.75) is 83.9 Å². The van der Waals surface area contributed by atoms with Crippen molar-refractivity contribution >= 4 is 52.5 Å². The van der Waals surface area contributed by atoms with Crippen molar-refractivity contribution in [2.24, 2.45) is 0 Å². The number of nitrogens with zero attached hydrogens (tertiary/aromatic N) is 3. The SMILES string of the molecule is C#CCCC(=O)N[C@H](CCCCNC(=O)OC(C)(C)C)C(=O)NCCOCCNC(=O)CCCNC(=O)c1ccc(NCc2cnc3nc(N)[nH]c(=O)c3n2)cc1. The number of benzene rings is 1. The smallest absolute Gasteiger partial charge is 0.407 e. The van der Waals surface area contributed by atoms with E-state index in [0.717, 1.165) is 5.69 Å². The molecule has 0 spiro atoms. The number of terminal acetylenes is 1. The van der Waals surface area contributed by atoms with E-state index < -0.39 is 23.3 Å². The third-order valence-corrected chi connectivity index (χ3v) is 7.82. The number of nitrogens with two attached hydrogens (primary N) is 1. The molecular weight excluding hydrogens is 738 g/mol. The molecule has 1 atom stereocenters. The molecule has 0 aliphatic rings. The Hall–Kier alpha value is -6.29. The lowest BCUT2D eigenvalue weighted by Crippen LogP contribution is -2.47. The quantitative estimate of drug-likeness (QED) is 0.0497. The number of nitrogen functional groups attached to an aromatic ring is 1. The molecule has 0 bridgehead atoms. The van der Waals surface area contributed by atoms with E-state index in [1.165, 1.54) is 6.20 Å². The monoisotopic (exact) mass is 791 g/mol. The predicted octanol–water partition coefficient (Wildman–Crippen LogP) is 1.26. The number of hydrogen-bond donors (Lipinski definition) is 8. The largest absolute Gasteiger partial charge is 0.444 e. The fraction of sp³-hybridized carbons (Fsp3) is 0.500. The maximum Gasteiger partial charge on any atom is 0.407 e. The first kappa shape index (κ1) is 45.1. The van der Waals surface area contributed by atoms with Gasteiger partial charge in [0, 0.05) is 56.7 Å². The first-order chi connectivity index (χ1) is 27.2. The van der Waals surface area contributed by atoms with Crippen molar-refractivity contribution in [3.63, 3.8) is 0 Å². The Kier molecular flexibility index (Phi) is 18.7. The molecule has 19 heteroatoms. The summed E-state index contributed by atoms with van der Waals surface area (Å²) < 4.78 is 10.7. The minimum Gasteiger partial charge on any atom is -0.444 e. The second-order valence-corrected chi connectivity index (χ2v) is 13.8. The number of carbonyl (C=O) groups is 5. The van der Waals surface area contributed by atoms with Crippen LogP contribution in [0.2, 0.25) is 0 Å². The second-order valence-electron chi connectivity index (χ2n) is 13.8. The van der Waals surface area contributed by atoms with Crippen molar-refractivity contribution in [1.82, 2.24) is 46.5 Å². The van der Waals surface area contributed by atoms with Crippen molar-refractivity contribution in [1.29, 1.82) is 0 Å². The zero-order valence-electron chi connectivity index (χ0n) is 32.6. The lowest BCUT2D eigenvalue weighted by Gasteiger charge is -2.20. The van der Waals surface area contributed by atoms with Gasteiger partial charge in [0.1, 0.15) is 11.6 Å². The highest BCUT2D eigenvalue weighted by Crippen LogP contribution is 2.12. The van der Waals surface area contributed by atoms with Crippen LogP contribution in [-0.4, -0.2) is 101 Å². The van der Waals surface area contributed by atoms with Crippen LogP contribution in [0.4, 0.5) is 16.4 Å². The average Bonchev–Trinajstić information content (AvgIpc) is 3.16. The van der Waals surface area contributed by atoms with Crippen LogP contribution in [-0.2, 0) is 30.4 Å². The molecule has 0 radical (unpaired) electrons. The number of fused-ring (bicyclic) bond motifs is 1. The van der Waals surface area contributed by atoms with Crippen LogP contribution in [0.5, 0.6) is 0 Å². The minimum absolute atomic E-state index is 0.0369. The molecule has 0 aliphatic heterocycles. The van der Waals surface area contributed by atoms with E-state index in [0.29, 0.717) is 50.0 Å². The minimum atomic E-state index is -0.775. The van der Waals surface area contributed by atoms with Gasteiger partial charge in [0.05, 0.1) is 31.6 Å². The summed E-state index contributed by atoms with van der Waals surface area (Å²) in [5, 5.41) is 16.9. The van der Waals surface area contributed by atoms with E-state index in [4.69, 9.17) is 21.6 Å². The maximum absolute atomic E-state index is 12.8. The van der Waals surface area contributed by atoms with E-state index >= 15 is 0 Å². The van der Waals surface area contributed by atoms with Gasteiger partial charge in [-0.15, -0.1) is 12.3 Å². The van der Waals surface area contributed by atoms with Gasteiger partial charge in [-0.3, -0.25) is 29.0 Å².